The molecule has 0 saturated carbocycles. The van der Waals surface area contributed by atoms with Crippen molar-refractivity contribution in [1.82, 2.24) is 15.5 Å². The summed E-state index contributed by atoms with van der Waals surface area (Å²) in [4.78, 5) is 0. The summed E-state index contributed by atoms with van der Waals surface area (Å²) in [6.45, 7) is 6.26. The molecule has 0 aliphatic heterocycles. The number of halogens is 1. The van der Waals surface area contributed by atoms with Gasteiger partial charge in [0.05, 0.1) is 5.56 Å². The summed E-state index contributed by atoms with van der Waals surface area (Å²) in [5.74, 6) is 1.28. The van der Waals surface area contributed by atoms with Crippen LogP contribution < -0.4 is 5.32 Å². The SMILES string of the molecule is CCCNCCCc1nnc(-c2cccc(C)c2Br)o1. The number of aryl methyl sites for hydroxylation is 2. The Morgan fingerprint density at radius 1 is 1.25 bits per heavy atom. The lowest BCUT2D eigenvalue weighted by atomic mass is 10.1. The third-order valence-corrected chi connectivity index (χ3v) is 4.11. The Labute approximate surface area is 128 Å². The van der Waals surface area contributed by atoms with Crippen LogP contribution in [0.25, 0.3) is 11.5 Å². The van der Waals surface area contributed by atoms with Crippen LogP contribution in [0.1, 0.15) is 31.2 Å². The zero-order valence-electron chi connectivity index (χ0n) is 11.9. The third kappa shape index (κ3) is 3.90. The molecule has 0 saturated heterocycles. The summed E-state index contributed by atoms with van der Waals surface area (Å²) in [5, 5.41) is 11.6. The van der Waals surface area contributed by atoms with Crippen molar-refractivity contribution in [3.8, 4) is 11.5 Å². The van der Waals surface area contributed by atoms with Crippen LogP contribution in [0.2, 0.25) is 0 Å². The molecule has 1 heterocycles. The van der Waals surface area contributed by atoms with Crippen molar-refractivity contribution >= 4 is 15.9 Å². The Bertz CT molecular complexity index is 554. The van der Waals surface area contributed by atoms with E-state index in [1.54, 1.807) is 0 Å². The second-order valence-corrected chi connectivity index (χ2v) is 5.58. The van der Waals surface area contributed by atoms with Crippen LogP contribution in [0.3, 0.4) is 0 Å². The quantitative estimate of drug-likeness (QED) is 0.782. The van der Waals surface area contributed by atoms with E-state index in [1.165, 1.54) is 0 Å². The van der Waals surface area contributed by atoms with Crippen molar-refractivity contribution in [2.45, 2.75) is 33.1 Å². The Morgan fingerprint density at radius 3 is 2.90 bits per heavy atom. The summed E-state index contributed by atoms with van der Waals surface area (Å²) in [6, 6.07) is 6.02. The van der Waals surface area contributed by atoms with E-state index < -0.39 is 0 Å². The number of nitrogens with one attached hydrogen (secondary N) is 1. The molecule has 108 valence electrons. The minimum atomic E-state index is 0.581. The second kappa shape index (κ2) is 7.55. The summed E-state index contributed by atoms with van der Waals surface area (Å²) < 4.78 is 6.75. The van der Waals surface area contributed by atoms with Gasteiger partial charge in [-0.1, -0.05) is 19.1 Å². The summed E-state index contributed by atoms with van der Waals surface area (Å²) in [6.07, 6.45) is 2.98. The molecule has 2 rings (SSSR count). The van der Waals surface area contributed by atoms with Crippen molar-refractivity contribution in [3.63, 3.8) is 0 Å². The van der Waals surface area contributed by atoms with Crippen molar-refractivity contribution in [1.29, 1.82) is 0 Å². The van der Waals surface area contributed by atoms with Crippen molar-refractivity contribution in [2.24, 2.45) is 0 Å². The lowest BCUT2D eigenvalue weighted by molar-refractivity contribution is 0.491. The molecule has 0 fully saturated rings. The molecule has 1 aromatic heterocycles. The first-order chi connectivity index (χ1) is 9.72. The summed E-state index contributed by atoms with van der Waals surface area (Å²) >= 11 is 3.57. The fourth-order valence-electron chi connectivity index (χ4n) is 1.94. The first-order valence-corrected chi connectivity index (χ1v) is 7.80. The molecule has 0 aliphatic carbocycles. The van der Waals surface area contributed by atoms with Gasteiger partial charge in [-0.3, -0.25) is 0 Å². The molecule has 0 aliphatic rings. The fraction of sp³-hybridized carbons (Fsp3) is 0.467. The standard InChI is InChI=1S/C15H20BrN3O/c1-3-9-17-10-5-8-13-18-19-15(20-13)12-7-4-6-11(2)14(12)16/h4,6-7,17H,3,5,8-10H2,1-2H3. The van der Waals surface area contributed by atoms with E-state index in [0.29, 0.717) is 11.8 Å². The van der Waals surface area contributed by atoms with Gasteiger partial charge in [0.1, 0.15) is 0 Å². The molecule has 0 spiro atoms. The molecule has 5 heteroatoms. The molecule has 0 unspecified atom stereocenters. The van der Waals surface area contributed by atoms with Crippen LogP contribution in [-0.2, 0) is 6.42 Å². The Hall–Kier alpha value is -1.20. The highest BCUT2D eigenvalue weighted by Crippen LogP contribution is 2.29. The number of hydrogen-bond acceptors (Lipinski definition) is 4. The van der Waals surface area contributed by atoms with E-state index in [2.05, 4.69) is 38.4 Å². The predicted molar refractivity (Wildman–Crippen MR) is 83.7 cm³/mol. The van der Waals surface area contributed by atoms with E-state index >= 15 is 0 Å². The number of nitrogens with zero attached hydrogens (tertiary/aromatic N) is 2. The maximum Gasteiger partial charge on any atom is 0.248 e. The highest BCUT2D eigenvalue weighted by molar-refractivity contribution is 9.10. The molecular weight excluding hydrogens is 318 g/mol. The zero-order chi connectivity index (χ0) is 14.4. The Balaban J connectivity index is 1.97. The van der Waals surface area contributed by atoms with E-state index in [0.717, 1.165) is 48.0 Å². The van der Waals surface area contributed by atoms with Crippen LogP contribution >= 0.6 is 15.9 Å². The number of aromatic nitrogens is 2. The van der Waals surface area contributed by atoms with Gasteiger partial charge in [-0.25, -0.2) is 0 Å². The first-order valence-electron chi connectivity index (χ1n) is 7.01. The van der Waals surface area contributed by atoms with Gasteiger partial charge in [-0.15, -0.1) is 10.2 Å². The van der Waals surface area contributed by atoms with Gasteiger partial charge in [0.2, 0.25) is 11.8 Å². The minimum absolute atomic E-state index is 0.581. The largest absolute Gasteiger partial charge is 0.421 e. The normalized spacial score (nSPS) is 10.9. The molecule has 1 aromatic carbocycles. The van der Waals surface area contributed by atoms with Gasteiger partial charge in [-0.05, 0) is 60.4 Å². The maximum absolute atomic E-state index is 5.73. The molecule has 20 heavy (non-hydrogen) atoms. The van der Waals surface area contributed by atoms with Crippen LogP contribution in [0.15, 0.2) is 27.1 Å². The maximum atomic E-state index is 5.73. The predicted octanol–water partition coefficient (Wildman–Crippen LogP) is 3.74. The number of benzene rings is 1. The lowest BCUT2D eigenvalue weighted by Gasteiger charge is -2.02. The monoisotopic (exact) mass is 337 g/mol. The molecule has 4 nitrogen and oxygen atoms in total. The first kappa shape index (κ1) is 15.2. The molecule has 2 aromatic rings. The highest BCUT2D eigenvalue weighted by Gasteiger charge is 2.12. The van der Waals surface area contributed by atoms with Gasteiger partial charge in [0.25, 0.3) is 0 Å². The molecular formula is C15H20BrN3O. The zero-order valence-corrected chi connectivity index (χ0v) is 13.5. The van der Waals surface area contributed by atoms with Crippen LogP contribution in [-0.4, -0.2) is 23.3 Å². The highest BCUT2D eigenvalue weighted by atomic mass is 79.9. The summed E-state index contributed by atoms with van der Waals surface area (Å²) in [5.41, 5.74) is 2.11. The molecule has 0 radical (unpaired) electrons. The van der Waals surface area contributed by atoms with Crippen molar-refractivity contribution in [2.75, 3.05) is 13.1 Å². The molecule has 0 amide bonds. The van der Waals surface area contributed by atoms with Crippen LogP contribution in [0.4, 0.5) is 0 Å². The van der Waals surface area contributed by atoms with Gasteiger partial charge in [0.15, 0.2) is 0 Å². The molecule has 1 N–H and O–H groups in total. The van der Waals surface area contributed by atoms with Gasteiger partial charge in [0, 0.05) is 10.9 Å². The third-order valence-electron chi connectivity index (χ3n) is 3.06. The van der Waals surface area contributed by atoms with E-state index in [-0.39, 0.29) is 0 Å². The van der Waals surface area contributed by atoms with Gasteiger partial charge >= 0.3 is 0 Å². The smallest absolute Gasteiger partial charge is 0.248 e. The minimum Gasteiger partial charge on any atom is -0.421 e. The van der Waals surface area contributed by atoms with Crippen molar-refractivity contribution < 1.29 is 4.42 Å². The number of hydrogen-bond donors (Lipinski definition) is 1. The van der Waals surface area contributed by atoms with Crippen LogP contribution in [0.5, 0.6) is 0 Å². The number of rotatable bonds is 7. The van der Waals surface area contributed by atoms with Crippen LogP contribution in [0, 0.1) is 6.92 Å². The fourth-order valence-corrected chi connectivity index (χ4v) is 2.38. The molecule has 0 atom stereocenters. The summed E-state index contributed by atoms with van der Waals surface area (Å²) in [7, 11) is 0. The average molecular weight is 338 g/mol. The molecule has 0 bridgehead atoms. The van der Waals surface area contributed by atoms with Crippen molar-refractivity contribution in [3.05, 3.63) is 34.1 Å². The second-order valence-electron chi connectivity index (χ2n) is 4.79. The van der Waals surface area contributed by atoms with E-state index in [4.69, 9.17) is 4.42 Å². The van der Waals surface area contributed by atoms with E-state index in [9.17, 15) is 0 Å². The lowest BCUT2D eigenvalue weighted by Crippen LogP contribution is -2.16. The topological polar surface area (TPSA) is 51.0 Å². The van der Waals surface area contributed by atoms with Gasteiger partial charge in [-0.2, -0.15) is 0 Å². The van der Waals surface area contributed by atoms with Gasteiger partial charge < -0.3 is 9.73 Å². The Kier molecular flexibility index (Phi) is 5.73. The Morgan fingerprint density at radius 2 is 2.10 bits per heavy atom. The average Bonchev–Trinajstić information content (AvgIpc) is 2.90. The van der Waals surface area contributed by atoms with E-state index in [1.807, 2.05) is 25.1 Å².